The highest BCUT2D eigenvalue weighted by atomic mass is 16.4. The number of rotatable bonds is 4. The first-order valence-electron chi connectivity index (χ1n) is 6.10. The van der Waals surface area contributed by atoms with E-state index in [2.05, 4.69) is 10.3 Å². The zero-order valence-electron chi connectivity index (χ0n) is 10.3. The van der Waals surface area contributed by atoms with E-state index in [1.54, 1.807) is 6.07 Å². The summed E-state index contributed by atoms with van der Waals surface area (Å²) in [4.78, 5) is 37.4. The number of nitrogens with zero attached hydrogens (tertiary/aromatic N) is 2. The molecule has 2 rings (SSSR count). The molecule has 2 N–H and O–H groups in total. The first kappa shape index (κ1) is 13.3. The van der Waals surface area contributed by atoms with E-state index in [0.29, 0.717) is 19.3 Å². The van der Waals surface area contributed by atoms with Crippen LogP contribution < -0.4 is 11.0 Å². The Morgan fingerprint density at radius 1 is 1.47 bits per heavy atom. The van der Waals surface area contributed by atoms with Gasteiger partial charge in [0.1, 0.15) is 6.54 Å². The number of carbonyl (C=O) groups is 2. The van der Waals surface area contributed by atoms with Gasteiger partial charge in [-0.05, 0) is 25.3 Å². The molecule has 1 heterocycles. The normalized spacial score (nSPS) is 22.1. The lowest BCUT2D eigenvalue weighted by atomic mass is 10.1. The van der Waals surface area contributed by atoms with Crippen LogP contribution in [-0.2, 0) is 16.1 Å². The third-order valence-corrected chi connectivity index (χ3v) is 3.24. The van der Waals surface area contributed by atoms with Gasteiger partial charge in [0.2, 0.25) is 5.91 Å². The minimum absolute atomic E-state index is 0.0963. The van der Waals surface area contributed by atoms with E-state index in [1.165, 1.54) is 17.0 Å². The number of carbonyl (C=O) groups excluding carboxylic acids is 1. The van der Waals surface area contributed by atoms with E-state index in [1.807, 2.05) is 0 Å². The van der Waals surface area contributed by atoms with Crippen molar-refractivity contribution in [1.82, 2.24) is 14.9 Å². The molecule has 0 aliphatic heterocycles. The van der Waals surface area contributed by atoms with Crippen LogP contribution in [0.5, 0.6) is 0 Å². The van der Waals surface area contributed by atoms with Crippen molar-refractivity contribution in [3.05, 3.63) is 28.9 Å². The maximum Gasteiger partial charge on any atom is 0.347 e. The molecular weight excluding hydrogens is 250 g/mol. The summed E-state index contributed by atoms with van der Waals surface area (Å²) in [5.74, 6) is -1.50. The maximum absolute atomic E-state index is 11.8. The average Bonchev–Trinajstić information content (AvgIpc) is 2.80. The number of aromatic nitrogens is 2. The maximum atomic E-state index is 11.8. The van der Waals surface area contributed by atoms with E-state index < -0.39 is 11.7 Å². The molecular formula is C12H15N3O4. The quantitative estimate of drug-likeness (QED) is 0.772. The zero-order valence-corrected chi connectivity index (χ0v) is 10.3. The molecule has 2 unspecified atom stereocenters. The van der Waals surface area contributed by atoms with Crippen LogP contribution in [-0.4, -0.2) is 32.6 Å². The van der Waals surface area contributed by atoms with Crippen molar-refractivity contribution in [3.63, 3.8) is 0 Å². The fourth-order valence-corrected chi connectivity index (χ4v) is 2.27. The Morgan fingerprint density at radius 2 is 2.26 bits per heavy atom. The van der Waals surface area contributed by atoms with E-state index in [0.717, 1.165) is 0 Å². The standard InChI is InChI=1S/C12H15N3O4/c16-10(7-15-5-1-4-13-12(15)19)14-9-3-2-8(6-9)11(17)18/h1,4-5,8-9H,2-3,6-7H2,(H,14,16)(H,17,18). The molecule has 0 bridgehead atoms. The van der Waals surface area contributed by atoms with Crippen molar-refractivity contribution in [2.45, 2.75) is 31.8 Å². The van der Waals surface area contributed by atoms with Gasteiger partial charge in [0.25, 0.3) is 0 Å². The molecule has 0 spiro atoms. The van der Waals surface area contributed by atoms with Gasteiger partial charge in [-0.25, -0.2) is 9.78 Å². The molecule has 0 radical (unpaired) electrons. The highest BCUT2D eigenvalue weighted by Gasteiger charge is 2.30. The molecule has 1 amide bonds. The second-order valence-corrected chi connectivity index (χ2v) is 4.64. The molecule has 0 aromatic carbocycles. The molecule has 2 atom stereocenters. The first-order chi connectivity index (χ1) is 9.06. The second kappa shape index (κ2) is 5.64. The number of carboxylic acid groups (broad SMARTS) is 1. The summed E-state index contributed by atoms with van der Waals surface area (Å²) in [6.07, 6.45) is 4.54. The van der Waals surface area contributed by atoms with Crippen molar-refractivity contribution in [3.8, 4) is 0 Å². The van der Waals surface area contributed by atoms with Gasteiger partial charge >= 0.3 is 11.7 Å². The van der Waals surface area contributed by atoms with Crippen LogP contribution in [0.4, 0.5) is 0 Å². The summed E-state index contributed by atoms with van der Waals surface area (Å²) in [5.41, 5.74) is -0.479. The van der Waals surface area contributed by atoms with Crippen molar-refractivity contribution in [1.29, 1.82) is 0 Å². The van der Waals surface area contributed by atoms with Crippen LogP contribution in [0.1, 0.15) is 19.3 Å². The predicted molar refractivity (Wildman–Crippen MR) is 65.4 cm³/mol. The highest BCUT2D eigenvalue weighted by molar-refractivity contribution is 5.76. The minimum Gasteiger partial charge on any atom is -0.481 e. The van der Waals surface area contributed by atoms with Gasteiger partial charge in [0, 0.05) is 18.4 Å². The van der Waals surface area contributed by atoms with Gasteiger partial charge < -0.3 is 10.4 Å². The third kappa shape index (κ3) is 3.40. The number of amides is 1. The largest absolute Gasteiger partial charge is 0.481 e. The number of hydrogen-bond acceptors (Lipinski definition) is 4. The van der Waals surface area contributed by atoms with Crippen LogP contribution in [0, 0.1) is 5.92 Å². The smallest absolute Gasteiger partial charge is 0.347 e. The first-order valence-corrected chi connectivity index (χ1v) is 6.10. The topological polar surface area (TPSA) is 101 Å². The summed E-state index contributed by atoms with van der Waals surface area (Å²) in [6, 6.07) is 1.45. The summed E-state index contributed by atoms with van der Waals surface area (Å²) in [7, 11) is 0. The number of nitrogens with one attached hydrogen (secondary N) is 1. The molecule has 1 aromatic rings. The molecule has 1 aliphatic rings. The van der Waals surface area contributed by atoms with Crippen LogP contribution in [0.2, 0.25) is 0 Å². The lowest BCUT2D eigenvalue weighted by Gasteiger charge is -2.12. The van der Waals surface area contributed by atoms with Crippen LogP contribution in [0.3, 0.4) is 0 Å². The van der Waals surface area contributed by atoms with Crippen molar-refractivity contribution >= 4 is 11.9 Å². The molecule has 0 saturated heterocycles. The second-order valence-electron chi connectivity index (χ2n) is 4.64. The van der Waals surface area contributed by atoms with Gasteiger partial charge in [-0.1, -0.05) is 0 Å². The average molecular weight is 265 g/mol. The molecule has 7 heteroatoms. The van der Waals surface area contributed by atoms with E-state index in [4.69, 9.17) is 5.11 Å². The third-order valence-electron chi connectivity index (χ3n) is 3.24. The van der Waals surface area contributed by atoms with E-state index in [9.17, 15) is 14.4 Å². The molecule has 1 saturated carbocycles. The van der Waals surface area contributed by atoms with Crippen molar-refractivity contribution in [2.75, 3.05) is 0 Å². The Kier molecular flexibility index (Phi) is 3.94. The summed E-state index contributed by atoms with van der Waals surface area (Å²) >= 11 is 0. The number of aliphatic carboxylic acids is 1. The molecule has 1 aromatic heterocycles. The Morgan fingerprint density at radius 3 is 2.89 bits per heavy atom. The van der Waals surface area contributed by atoms with Gasteiger partial charge in [-0.3, -0.25) is 14.2 Å². The molecule has 19 heavy (non-hydrogen) atoms. The van der Waals surface area contributed by atoms with Gasteiger partial charge in [0.05, 0.1) is 5.92 Å². The lowest BCUT2D eigenvalue weighted by Crippen LogP contribution is -2.38. The SMILES string of the molecule is O=C(Cn1cccnc1=O)NC1CCC(C(=O)O)C1. The summed E-state index contributed by atoms with van der Waals surface area (Å²) < 4.78 is 1.21. The van der Waals surface area contributed by atoms with Gasteiger partial charge in [-0.2, -0.15) is 0 Å². The Labute approximate surface area is 109 Å². The van der Waals surface area contributed by atoms with E-state index in [-0.39, 0.29) is 24.4 Å². The molecule has 7 nitrogen and oxygen atoms in total. The van der Waals surface area contributed by atoms with Crippen LogP contribution in [0.15, 0.2) is 23.3 Å². The fourth-order valence-electron chi connectivity index (χ4n) is 2.27. The molecule has 1 aliphatic carbocycles. The van der Waals surface area contributed by atoms with Crippen LogP contribution in [0.25, 0.3) is 0 Å². The summed E-state index contributed by atoms with van der Waals surface area (Å²) in [5, 5.41) is 11.6. The predicted octanol–water partition coefficient (Wildman–Crippen LogP) is -0.387. The zero-order chi connectivity index (χ0) is 13.8. The summed E-state index contributed by atoms with van der Waals surface area (Å²) in [6.45, 7) is -0.0963. The Hall–Kier alpha value is -2.18. The Bertz CT molecular complexity index is 540. The minimum atomic E-state index is -0.819. The highest BCUT2D eigenvalue weighted by Crippen LogP contribution is 2.25. The van der Waals surface area contributed by atoms with E-state index >= 15 is 0 Å². The number of carboxylic acids is 1. The van der Waals surface area contributed by atoms with Crippen LogP contribution >= 0.6 is 0 Å². The van der Waals surface area contributed by atoms with Crippen molar-refractivity contribution in [2.24, 2.45) is 5.92 Å². The molecule has 102 valence electrons. The lowest BCUT2D eigenvalue weighted by molar-refractivity contribution is -0.141. The molecule has 1 fully saturated rings. The fraction of sp³-hybridized carbons (Fsp3) is 0.500. The van der Waals surface area contributed by atoms with Crippen molar-refractivity contribution < 1.29 is 14.7 Å². The monoisotopic (exact) mass is 265 g/mol. The van der Waals surface area contributed by atoms with Gasteiger partial charge in [-0.15, -0.1) is 0 Å². The number of hydrogen-bond donors (Lipinski definition) is 2. The van der Waals surface area contributed by atoms with Gasteiger partial charge in [0.15, 0.2) is 0 Å². The Balaban J connectivity index is 1.88.